The van der Waals surface area contributed by atoms with E-state index in [-0.39, 0.29) is 17.7 Å². The standard InChI is InChI=1S/C10H13BrFNO/c1-7(6-13-2)14-10-4-3-8(11)5-9(10)12/h3-5,7,13H,6H2,1-2H3. The van der Waals surface area contributed by atoms with Crippen LogP contribution in [-0.2, 0) is 0 Å². The molecule has 1 aromatic carbocycles. The van der Waals surface area contributed by atoms with E-state index in [0.717, 1.165) is 0 Å². The fourth-order valence-electron chi connectivity index (χ4n) is 1.12. The smallest absolute Gasteiger partial charge is 0.166 e. The van der Waals surface area contributed by atoms with Crippen molar-refractivity contribution in [3.05, 3.63) is 28.5 Å². The van der Waals surface area contributed by atoms with Crippen molar-refractivity contribution in [2.24, 2.45) is 0 Å². The maximum absolute atomic E-state index is 13.3. The third-order valence-corrected chi connectivity index (χ3v) is 2.21. The van der Waals surface area contributed by atoms with Crippen molar-refractivity contribution in [2.45, 2.75) is 13.0 Å². The van der Waals surface area contributed by atoms with Gasteiger partial charge >= 0.3 is 0 Å². The average Bonchev–Trinajstić information content (AvgIpc) is 2.10. The van der Waals surface area contributed by atoms with Gasteiger partial charge in [0.2, 0.25) is 0 Å². The Morgan fingerprint density at radius 3 is 2.86 bits per heavy atom. The SMILES string of the molecule is CNCC(C)Oc1ccc(Br)cc1F. The van der Waals surface area contributed by atoms with E-state index >= 15 is 0 Å². The van der Waals surface area contributed by atoms with E-state index in [4.69, 9.17) is 4.74 Å². The van der Waals surface area contributed by atoms with Gasteiger partial charge in [0.15, 0.2) is 11.6 Å². The van der Waals surface area contributed by atoms with Crippen molar-refractivity contribution < 1.29 is 9.13 Å². The van der Waals surface area contributed by atoms with Gasteiger partial charge in [-0.15, -0.1) is 0 Å². The summed E-state index contributed by atoms with van der Waals surface area (Å²) in [6.45, 7) is 2.58. The van der Waals surface area contributed by atoms with E-state index in [0.29, 0.717) is 11.0 Å². The van der Waals surface area contributed by atoms with Gasteiger partial charge in [-0.25, -0.2) is 4.39 Å². The number of hydrogen-bond acceptors (Lipinski definition) is 2. The molecule has 0 aliphatic carbocycles. The molecule has 14 heavy (non-hydrogen) atoms. The molecule has 0 aliphatic heterocycles. The van der Waals surface area contributed by atoms with Crippen molar-refractivity contribution in [1.82, 2.24) is 5.32 Å². The Hall–Kier alpha value is -0.610. The van der Waals surface area contributed by atoms with E-state index in [9.17, 15) is 4.39 Å². The lowest BCUT2D eigenvalue weighted by Crippen LogP contribution is -2.26. The normalized spacial score (nSPS) is 12.6. The predicted octanol–water partition coefficient (Wildman–Crippen LogP) is 2.57. The van der Waals surface area contributed by atoms with Gasteiger partial charge in [0.05, 0.1) is 0 Å². The van der Waals surface area contributed by atoms with Crippen LogP contribution in [0.25, 0.3) is 0 Å². The van der Waals surface area contributed by atoms with Crippen LogP contribution in [0.4, 0.5) is 4.39 Å². The summed E-state index contributed by atoms with van der Waals surface area (Å²) in [7, 11) is 1.83. The van der Waals surface area contributed by atoms with E-state index in [1.54, 1.807) is 12.1 Å². The number of benzene rings is 1. The Bertz CT molecular complexity index is 306. The highest BCUT2D eigenvalue weighted by molar-refractivity contribution is 9.10. The zero-order valence-corrected chi connectivity index (χ0v) is 9.77. The Kier molecular flexibility index (Phi) is 4.35. The lowest BCUT2D eigenvalue weighted by molar-refractivity contribution is 0.211. The van der Waals surface area contributed by atoms with Crippen LogP contribution in [0.1, 0.15) is 6.92 Å². The quantitative estimate of drug-likeness (QED) is 0.900. The Labute approximate surface area is 91.6 Å². The molecule has 1 N–H and O–H groups in total. The van der Waals surface area contributed by atoms with E-state index in [1.165, 1.54) is 6.07 Å². The van der Waals surface area contributed by atoms with Crippen molar-refractivity contribution in [1.29, 1.82) is 0 Å². The molecule has 0 spiro atoms. The van der Waals surface area contributed by atoms with Gasteiger partial charge < -0.3 is 10.1 Å². The predicted molar refractivity (Wildman–Crippen MR) is 58.1 cm³/mol. The third-order valence-electron chi connectivity index (χ3n) is 1.71. The topological polar surface area (TPSA) is 21.3 Å². The molecule has 1 unspecified atom stereocenters. The molecule has 0 saturated carbocycles. The minimum atomic E-state index is -0.345. The van der Waals surface area contributed by atoms with Crippen LogP contribution in [0.3, 0.4) is 0 Å². The number of nitrogens with one attached hydrogen (secondary N) is 1. The van der Waals surface area contributed by atoms with Crippen LogP contribution in [0, 0.1) is 5.82 Å². The first-order valence-corrected chi connectivity index (χ1v) is 5.19. The zero-order valence-electron chi connectivity index (χ0n) is 8.18. The molecule has 0 aliphatic rings. The number of ether oxygens (including phenoxy) is 1. The molecule has 1 rings (SSSR count). The molecule has 0 fully saturated rings. The van der Waals surface area contributed by atoms with Crippen LogP contribution >= 0.6 is 15.9 Å². The summed E-state index contributed by atoms with van der Waals surface area (Å²) >= 11 is 3.19. The fourth-order valence-corrected chi connectivity index (χ4v) is 1.45. The van der Waals surface area contributed by atoms with E-state index < -0.39 is 0 Å². The third kappa shape index (κ3) is 3.27. The van der Waals surface area contributed by atoms with Crippen LogP contribution in [0.15, 0.2) is 22.7 Å². The van der Waals surface area contributed by atoms with Crippen LogP contribution < -0.4 is 10.1 Å². The summed E-state index contributed by atoms with van der Waals surface area (Å²) in [4.78, 5) is 0. The van der Waals surface area contributed by atoms with Gasteiger partial charge in [0.1, 0.15) is 6.10 Å². The highest BCUT2D eigenvalue weighted by Crippen LogP contribution is 2.22. The van der Waals surface area contributed by atoms with Crippen LogP contribution in [0.5, 0.6) is 5.75 Å². The molecule has 78 valence electrons. The molecular formula is C10H13BrFNO. The Morgan fingerprint density at radius 2 is 2.29 bits per heavy atom. The minimum Gasteiger partial charge on any atom is -0.486 e. The molecule has 2 nitrogen and oxygen atoms in total. The van der Waals surface area contributed by atoms with Gasteiger partial charge in [0.25, 0.3) is 0 Å². The molecule has 0 heterocycles. The van der Waals surface area contributed by atoms with E-state index in [2.05, 4.69) is 21.2 Å². The molecule has 0 aromatic heterocycles. The molecule has 1 aromatic rings. The zero-order chi connectivity index (χ0) is 10.6. The highest BCUT2D eigenvalue weighted by Gasteiger charge is 2.07. The summed E-state index contributed by atoms with van der Waals surface area (Å²) in [5.41, 5.74) is 0. The first-order chi connectivity index (χ1) is 6.63. The number of hydrogen-bond donors (Lipinski definition) is 1. The highest BCUT2D eigenvalue weighted by atomic mass is 79.9. The fraction of sp³-hybridized carbons (Fsp3) is 0.400. The average molecular weight is 262 g/mol. The first-order valence-electron chi connectivity index (χ1n) is 4.39. The second-order valence-corrected chi connectivity index (χ2v) is 3.98. The van der Waals surface area contributed by atoms with Crippen LogP contribution in [0.2, 0.25) is 0 Å². The first kappa shape index (κ1) is 11.5. The summed E-state index contributed by atoms with van der Waals surface area (Å²) in [5, 5.41) is 2.96. The molecule has 0 radical (unpaired) electrons. The maximum Gasteiger partial charge on any atom is 0.166 e. The Morgan fingerprint density at radius 1 is 1.57 bits per heavy atom. The van der Waals surface area contributed by atoms with Gasteiger partial charge in [-0.3, -0.25) is 0 Å². The van der Waals surface area contributed by atoms with Crippen molar-refractivity contribution in [3.63, 3.8) is 0 Å². The number of likely N-dealkylation sites (N-methyl/N-ethyl adjacent to an activating group) is 1. The monoisotopic (exact) mass is 261 g/mol. The van der Waals surface area contributed by atoms with Gasteiger partial charge in [-0.05, 0) is 32.2 Å². The lowest BCUT2D eigenvalue weighted by Gasteiger charge is -2.14. The van der Waals surface area contributed by atoms with Crippen molar-refractivity contribution >= 4 is 15.9 Å². The second kappa shape index (κ2) is 5.32. The minimum absolute atomic E-state index is 0.0457. The lowest BCUT2D eigenvalue weighted by atomic mass is 10.3. The Balaban J connectivity index is 2.67. The molecule has 0 bridgehead atoms. The molecule has 1 atom stereocenters. The summed E-state index contributed by atoms with van der Waals surface area (Å²) in [5.74, 6) is -0.0571. The van der Waals surface area contributed by atoms with Gasteiger partial charge in [-0.1, -0.05) is 15.9 Å². The van der Waals surface area contributed by atoms with Gasteiger partial charge in [0, 0.05) is 11.0 Å². The summed E-state index contributed by atoms with van der Waals surface area (Å²) < 4.78 is 19.4. The van der Waals surface area contributed by atoms with Gasteiger partial charge in [-0.2, -0.15) is 0 Å². The summed E-state index contributed by atoms with van der Waals surface area (Å²) in [6.07, 6.45) is -0.0457. The van der Waals surface area contributed by atoms with Crippen molar-refractivity contribution in [2.75, 3.05) is 13.6 Å². The van der Waals surface area contributed by atoms with Crippen LogP contribution in [-0.4, -0.2) is 19.7 Å². The molecule has 4 heteroatoms. The molecular weight excluding hydrogens is 249 g/mol. The number of rotatable bonds is 4. The largest absolute Gasteiger partial charge is 0.486 e. The molecule has 0 amide bonds. The maximum atomic E-state index is 13.3. The molecule has 0 saturated heterocycles. The van der Waals surface area contributed by atoms with E-state index in [1.807, 2.05) is 14.0 Å². The van der Waals surface area contributed by atoms with Crippen molar-refractivity contribution in [3.8, 4) is 5.75 Å². The number of halogens is 2. The second-order valence-electron chi connectivity index (χ2n) is 3.06. The summed E-state index contributed by atoms with van der Waals surface area (Å²) in [6, 6.07) is 4.76.